The lowest BCUT2D eigenvalue weighted by Gasteiger charge is -1.89. The second-order valence-electron chi connectivity index (χ2n) is 2.60. The molecule has 0 bridgehead atoms. The van der Waals surface area contributed by atoms with E-state index in [-0.39, 0.29) is 6.01 Å². The van der Waals surface area contributed by atoms with Gasteiger partial charge >= 0.3 is 0 Å². The maximum atomic E-state index is 5.38. The van der Waals surface area contributed by atoms with Crippen molar-refractivity contribution in [2.24, 2.45) is 0 Å². The topological polar surface area (TPSA) is 52.0 Å². The molecule has 2 aromatic rings. The molecule has 68 valence electrons. The summed E-state index contributed by atoms with van der Waals surface area (Å²) in [6.07, 6.45) is 1.63. The van der Waals surface area contributed by atoms with E-state index >= 15 is 0 Å². The Labute approximate surface area is 87.7 Å². The van der Waals surface area contributed by atoms with Gasteiger partial charge in [0.25, 0.3) is 6.01 Å². The van der Waals surface area contributed by atoms with Crippen LogP contribution in [-0.4, -0.2) is 4.98 Å². The van der Waals surface area contributed by atoms with Gasteiger partial charge in [-0.25, -0.2) is 4.98 Å². The van der Waals surface area contributed by atoms with Crippen LogP contribution in [0, 0.1) is 6.92 Å². The summed E-state index contributed by atoms with van der Waals surface area (Å²) in [7, 11) is 0. The summed E-state index contributed by atoms with van der Waals surface area (Å²) in [5.74, 6) is 0.711. The van der Waals surface area contributed by atoms with Crippen LogP contribution in [0.15, 0.2) is 21.2 Å². The number of nitrogen functional groups attached to an aromatic ring is 1. The zero-order valence-electron chi connectivity index (χ0n) is 6.87. The molecule has 0 saturated heterocycles. The Bertz CT molecular complexity index is 435. The average Bonchev–Trinajstić information content (AvgIpc) is 2.58. The van der Waals surface area contributed by atoms with Crippen LogP contribution >= 0.6 is 27.3 Å². The number of rotatable bonds is 1. The molecule has 0 spiro atoms. The van der Waals surface area contributed by atoms with Crippen LogP contribution in [0.4, 0.5) is 6.01 Å². The molecule has 0 aliphatic heterocycles. The number of aryl methyl sites for hydroxylation is 1. The maximum Gasteiger partial charge on any atom is 0.292 e. The van der Waals surface area contributed by atoms with E-state index < -0.39 is 0 Å². The number of hydrogen-bond acceptors (Lipinski definition) is 4. The minimum absolute atomic E-state index is 0.202. The lowest BCUT2D eigenvalue weighted by Crippen LogP contribution is -1.79. The van der Waals surface area contributed by atoms with E-state index in [1.54, 1.807) is 17.5 Å². The minimum atomic E-state index is 0.202. The molecule has 2 N–H and O–H groups in total. The fraction of sp³-hybridized carbons (Fsp3) is 0.125. The SMILES string of the molecule is Cc1cc(Br)c(-c2cnc(N)o2)s1. The smallest absolute Gasteiger partial charge is 0.292 e. The fourth-order valence-electron chi connectivity index (χ4n) is 1.04. The third-order valence-corrected chi connectivity index (χ3v) is 3.51. The summed E-state index contributed by atoms with van der Waals surface area (Å²) < 4.78 is 6.23. The molecule has 0 fully saturated rings. The molecule has 13 heavy (non-hydrogen) atoms. The predicted molar refractivity (Wildman–Crippen MR) is 56.7 cm³/mol. The summed E-state index contributed by atoms with van der Waals surface area (Å²) in [6, 6.07) is 2.24. The van der Waals surface area contributed by atoms with Crippen LogP contribution < -0.4 is 5.73 Å². The molecule has 2 heterocycles. The number of oxazole rings is 1. The first-order chi connectivity index (χ1) is 6.16. The van der Waals surface area contributed by atoms with Gasteiger partial charge < -0.3 is 10.2 Å². The number of aromatic nitrogens is 1. The van der Waals surface area contributed by atoms with Crippen LogP contribution in [0.5, 0.6) is 0 Å². The number of nitrogens with two attached hydrogens (primary N) is 1. The second kappa shape index (κ2) is 3.16. The molecule has 0 aliphatic carbocycles. The summed E-state index contributed by atoms with van der Waals surface area (Å²) in [4.78, 5) is 6.09. The minimum Gasteiger partial charge on any atom is -0.423 e. The van der Waals surface area contributed by atoms with Crippen LogP contribution in [0.3, 0.4) is 0 Å². The Balaban J connectivity index is 2.51. The molecule has 0 saturated carbocycles. The summed E-state index contributed by atoms with van der Waals surface area (Å²) in [5, 5.41) is 0. The summed E-state index contributed by atoms with van der Waals surface area (Å²) in [5.41, 5.74) is 5.38. The Morgan fingerprint density at radius 1 is 1.62 bits per heavy atom. The molecule has 3 nitrogen and oxygen atoms in total. The van der Waals surface area contributed by atoms with Gasteiger partial charge in [0.2, 0.25) is 0 Å². The monoisotopic (exact) mass is 258 g/mol. The van der Waals surface area contributed by atoms with Crippen molar-refractivity contribution in [2.75, 3.05) is 5.73 Å². The van der Waals surface area contributed by atoms with Crippen molar-refractivity contribution < 1.29 is 4.42 Å². The normalized spacial score (nSPS) is 10.6. The van der Waals surface area contributed by atoms with Crippen molar-refractivity contribution in [1.29, 1.82) is 0 Å². The summed E-state index contributed by atoms with van der Waals surface area (Å²) in [6.45, 7) is 2.04. The molecule has 0 atom stereocenters. The Morgan fingerprint density at radius 3 is 2.85 bits per heavy atom. The number of hydrogen-bond donors (Lipinski definition) is 1. The van der Waals surface area contributed by atoms with E-state index in [9.17, 15) is 0 Å². The van der Waals surface area contributed by atoms with E-state index in [4.69, 9.17) is 10.2 Å². The average molecular weight is 259 g/mol. The molecule has 0 aliphatic rings. The van der Waals surface area contributed by atoms with Crippen LogP contribution in [-0.2, 0) is 0 Å². The van der Waals surface area contributed by atoms with E-state index in [2.05, 4.69) is 20.9 Å². The Hall–Kier alpha value is -0.810. The molecule has 0 amide bonds. The van der Waals surface area contributed by atoms with Gasteiger partial charge in [0.05, 0.1) is 11.1 Å². The first kappa shape index (κ1) is 8.77. The molecule has 2 rings (SSSR count). The molecule has 0 aromatic carbocycles. The number of thiophene rings is 1. The van der Waals surface area contributed by atoms with Gasteiger partial charge in [-0.1, -0.05) is 0 Å². The molecule has 0 radical (unpaired) electrons. The quantitative estimate of drug-likeness (QED) is 0.856. The lowest BCUT2D eigenvalue weighted by molar-refractivity contribution is 0.596. The van der Waals surface area contributed by atoms with Crippen LogP contribution in [0.25, 0.3) is 10.6 Å². The zero-order valence-corrected chi connectivity index (χ0v) is 9.28. The number of nitrogens with zero attached hydrogens (tertiary/aromatic N) is 1. The number of anilines is 1. The highest BCUT2D eigenvalue weighted by Gasteiger charge is 2.11. The Morgan fingerprint density at radius 2 is 2.38 bits per heavy atom. The molecule has 0 unspecified atom stereocenters. The van der Waals surface area contributed by atoms with Gasteiger partial charge in [-0.15, -0.1) is 11.3 Å². The molecular weight excluding hydrogens is 252 g/mol. The highest BCUT2D eigenvalue weighted by Crippen LogP contribution is 2.36. The third-order valence-electron chi connectivity index (χ3n) is 1.56. The fourth-order valence-corrected chi connectivity index (χ4v) is 2.83. The first-order valence-corrected chi connectivity index (χ1v) is 5.25. The zero-order chi connectivity index (χ0) is 9.42. The van der Waals surface area contributed by atoms with Gasteiger partial charge in [0.15, 0.2) is 5.76 Å². The van der Waals surface area contributed by atoms with Crippen molar-refractivity contribution in [1.82, 2.24) is 4.98 Å². The standard InChI is InChI=1S/C8H7BrN2OS/c1-4-2-5(9)7(13-4)6-3-11-8(10)12-6/h2-3H,1H3,(H2,10,11). The Kier molecular flexibility index (Phi) is 2.13. The van der Waals surface area contributed by atoms with E-state index in [1.807, 2.05) is 13.0 Å². The lowest BCUT2D eigenvalue weighted by atomic mass is 10.4. The van der Waals surface area contributed by atoms with Crippen molar-refractivity contribution in [3.63, 3.8) is 0 Å². The van der Waals surface area contributed by atoms with Gasteiger partial charge in [0.1, 0.15) is 0 Å². The highest BCUT2D eigenvalue weighted by atomic mass is 79.9. The van der Waals surface area contributed by atoms with Crippen molar-refractivity contribution in [3.8, 4) is 10.6 Å². The summed E-state index contributed by atoms with van der Waals surface area (Å²) >= 11 is 5.09. The second-order valence-corrected chi connectivity index (χ2v) is 4.71. The van der Waals surface area contributed by atoms with Crippen molar-refractivity contribution >= 4 is 33.3 Å². The van der Waals surface area contributed by atoms with Gasteiger partial charge in [-0.3, -0.25) is 0 Å². The predicted octanol–water partition coefficient (Wildman–Crippen LogP) is 3.06. The van der Waals surface area contributed by atoms with E-state index in [0.717, 1.165) is 9.35 Å². The van der Waals surface area contributed by atoms with Gasteiger partial charge in [0, 0.05) is 9.35 Å². The molecule has 2 aromatic heterocycles. The molecule has 5 heteroatoms. The largest absolute Gasteiger partial charge is 0.423 e. The highest BCUT2D eigenvalue weighted by molar-refractivity contribution is 9.10. The first-order valence-electron chi connectivity index (χ1n) is 3.64. The van der Waals surface area contributed by atoms with Crippen molar-refractivity contribution in [3.05, 3.63) is 21.6 Å². The van der Waals surface area contributed by atoms with Crippen LogP contribution in [0.2, 0.25) is 0 Å². The van der Waals surface area contributed by atoms with Gasteiger partial charge in [-0.05, 0) is 28.9 Å². The van der Waals surface area contributed by atoms with Crippen LogP contribution in [0.1, 0.15) is 4.88 Å². The third kappa shape index (κ3) is 1.62. The maximum absolute atomic E-state index is 5.38. The van der Waals surface area contributed by atoms with Crippen molar-refractivity contribution in [2.45, 2.75) is 6.92 Å². The van der Waals surface area contributed by atoms with Gasteiger partial charge in [-0.2, -0.15) is 0 Å². The number of halogens is 1. The van der Waals surface area contributed by atoms with E-state index in [1.165, 1.54) is 4.88 Å². The van der Waals surface area contributed by atoms with E-state index in [0.29, 0.717) is 5.76 Å². The molecular formula is C8H7BrN2OS.